The van der Waals surface area contributed by atoms with E-state index in [1.165, 1.54) is 18.4 Å². The molecule has 7 nitrogen and oxygen atoms in total. The van der Waals surface area contributed by atoms with Gasteiger partial charge in [0, 0.05) is 21.8 Å². The van der Waals surface area contributed by atoms with Gasteiger partial charge in [0.25, 0.3) is 0 Å². The maximum Gasteiger partial charge on any atom is 0.336 e. The van der Waals surface area contributed by atoms with Crippen molar-refractivity contribution in [1.29, 1.82) is 0 Å². The van der Waals surface area contributed by atoms with E-state index in [9.17, 15) is 14.4 Å². The first-order chi connectivity index (χ1) is 16.4. The second kappa shape index (κ2) is 10.3. The first-order valence-corrected chi connectivity index (χ1v) is 12.0. The highest BCUT2D eigenvalue weighted by molar-refractivity contribution is 7.10. The van der Waals surface area contributed by atoms with E-state index in [-0.39, 0.29) is 24.9 Å². The van der Waals surface area contributed by atoms with Gasteiger partial charge >= 0.3 is 11.9 Å². The minimum Gasteiger partial charge on any atom is -0.490 e. The summed E-state index contributed by atoms with van der Waals surface area (Å²) in [6.45, 7) is 3.93. The molecule has 4 rings (SSSR count). The number of hydrogen-bond acceptors (Lipinski definition) is 8. The Balaban J connectivity index is 1.59. The second-order valence-electron chi connectivity index (χ2n) is 8.35. The topological polar surface area (TPSA) is 90.9 Å². The number of allylic oxidation sites excluding steroid dienone is 3. The van der Waals surface area contributed by atoms with Crippen LogP contribution >= 0.6 is 11.3 Å². The highest BCUT2D eigenvalue weighted by Gasteiger charge is 2.47. The first kappa shape index (κ1) is 23.8. The molecule has 3 atom stereocenters. The van der Waals surface area contributed by atoms with E-state index in [1.54, 1.807) is 0 Å². The van der Waals surface area contributed by atoms with Crippen LogP contribution in [0.1, 0.15) is 31.1 Å². The lowest BCUT2D eigenvalue weighted by molar-refractivity contribution is -0.151. The fourth-order valence-corrected chi connectivity index (χ4v) is 5.42. The summed E-state index contributed by atoms with van der Waals surface area (Å²) in [6, 6.07) is 13.0. The van der Waals surface area contributed by atoms with E-state index >= 15 is 0 Å². The standard InChI is InChI=1S/C26H27NO6S/c1-15-14-18-22(24(28)20(15)25(29)31-3)23(19-10-7-13-34-19)21(16(2)27-18)26(30)33-12-11-32-17-8-5-4-6-9-17/h4-10,13,15,20,23,27H,11-12,14H2,1-3H3/t15-,20+,23-/m0/s1. The molecule has 2 aromatic rings. The molecule has 0 saturated heterocycles. The Kier molecular flexibility index (Phi) is 7.17. The Hall–Kier alpha value is -3.39. The summed E-state index contributed by atoms with van der Waals surface area (Å²) in [5.74, 6) is -2.41. The van der Waals surface area contributed by atoms with Crippen molar-refractivity contribution < 1.29 is 28.6 Å². The molecule has 0 saturated carbocycles. The molecule has 0 amide bonds. The number of ketones is 1. The van der Waals surface area contributed by atoms with Gasteiger partial charge < -0.3 is 19.5 Å². The number of methoxy groups -OCH3 is 1. The number of thiophene rings is 1. The molecule has 0 fully saturated rings. The number of nitrogens with one attached hydrogen (secondary N) is 1. The number of Topliss-reactive ketones (excluding diaryl/α,β-unsaturated/α-hetero) is 1. The van der Waals surface area contributed by atoms with Crippen molar-refractivity contribution in [2.45, 2.75) is 26.2 Å². The van der Waals surface area contributed by atoms with Crippen LogP contribution in [-0.4, -0.2) is 38.0 Å². The smallest absolute Gasteiger partial charge is 0.336 e. The van der Waals surface area contributed by atoms with Crippen LogP contribution in [0.25, 0.3) is 0 Å². The normalized spacial score (nSPS) is 22.1. The summed E-state index contributed by atoms with van der Waals surface area (Å²) in [4.78, 5) is 40.1. The lowest BCUT2D eigenvalue weighted by Crippen LogP contribution is -2.43. The Morgan fingerprint density at radius 1 is 1.12 bits per heavy atom. The predicted molar refractivity (Wildman–Crippen MR) is 127 cm³/mol. The van der Waals surface area contributed by atoms with Crippen LogP contribution in [0.3, 0.4) is 0 Å². The Labute approximate surface area is 202 Å². The van der Waals surface area contributed by atoms with Gasteiger partial charge in [-0.3, -0.25) is 9.59 Å². The van der Waals surface area contributed by atoms with Crippen LogP contribution in [0.2, 0.25) is 0 Å². The fraction of sp³-hybridized carbons (Fsp3) is 0.346. The molecular weight excluding hydrogens is 454 g/mol. The quantitative estimate of drug-likeness (QED) is 0.363. The van der Waals surface area contributed by atoms with Gasteiger partial charge in [-0.25, -0.2) is 4.79 Å². The number of rotatable bonds is 7. The fourth-order valence-electron chi connectivity index (χ4n) is 4.58. The Morgan fingerprint density at radius 2 is 1.88 bits per heavy atom. The molecule has 1 N–H and O–H groups in total. The van der Waals surface area contributed by atoms with Gasteiger partial charge in [-0.1, -0.05) is 31.2 Å². The van der Waals surface area contributed by atoms with Crippen molar-refractivity contribution >= 4 is 29.1 Å². The highest BCUT2D eigenvalue weighted by Crippen LogP contribution is 2.46. The second-order valence-corrected chi connectivity index (χ2v) is 9.33. The largest absolute Gasteiger partial charge is 0.490 e. The van der Waals surface area contributed by atoms with Crippen molar-refractivity contribution in [1.82, 2.24) is 5.32 Å². The summed E-state index contributed by atoms with van der Waals surface area (Å²) < 4.78 is 16.1. The van der Waals surface area contributed by atoms with E-state index in [0.717, 1.165) is 10.6 Å². The van der Waals surface area contributed by atoms with Gasteiger partial charge in [0.1, 0.15) is 24.9 Å². The number of esters is 2. The van der Waals surface area contributed by atoms with Crippen LogP contribution < -0.4 is 10.1 Å². The number of dihydropyridines is 1. The number of carbonyl (C=O) groups is 3. The van der Waals surface area contributed by atoms with Gasteiger partial charge in [0.2, 0.25) is 0 Å². The van der Waals surface area contributed by atoms with Crippen LogP contribution in [0.15, 0.2) is 70.4 Å². The molecule has 0 spiro atoms. The van der Waals surface area contributed by atoms with Crippen molar-refractivity contribution in [3.05, 3.63) is 75.3 Å². The number of carbonyl (C=O) groups excluding carboxylic acids is 3. The molecule has 0 bridgehead atoms. The third-order valence-corrected chi connectivity index (χ3v) is 7.06. The molecule has 2 heterocycles. The van der Waals surface area contributed by atoms with E-state index in [2.05, 4.69) is 5.32 Å². The molecule has 2 aliphatic rings. The zero-order chi connectivity index (χ0) is 24.2. The Morgan fingerprint density at radius 3 is 2.56 bits per heavy atom. The average Bonchev–Trinajstić information content (AvgIpc) is 3.36. The maximum atomic E-state index is 13.6. The predicted octanol–water partition coefficient (Wildman–Crippen LogP) is 3.98. The van der Waals surface area contributed by atoms with E-state index in [0.29, 0.717) is 29.0 Å². The third kappa shape index (κ3) is 4.63. The lowest BCUT2D eigenvalue weighted by Gasteiger charge is -2.37. The molecule has 1 aliphatic heterocycles. The summed E-state index contributed by atoms with van der Waals surface area (Å²) in [5.41, 5.74) is 2.20. The van der Waals surface area contributed by atoms with Crippen molar-refractivity contribution in [3.63, 3.8) is 0 Å². The molecule has 1 aromatic carbocycles. The summed E-state index contributed by atoms with van der Waals surface area (Å²) >= 11 is 1.46. The zero-order valence-electron chi connectivity index (χ0n) is 19.3. The van der Waals surface area contributed by atoms with E-state index in [4.69, 9.17) is 14.2 Å². The van der Waals surface area contributed by atoms with Crippen LogP contribution in [0, 0.1) is 11.8 Å². The van der Waals surface area contributed by atoms with Crippen LogP contribution in [0.4, 0.5) is 0 Å². The molecule has 1 aromatic heterocycles. The molecule has 0 radical (unpaired) electrons. The number of ether oxygens (including phenoxy) is 3. The van der Waals surface area contributed by atoms with Gasteiger partial charge in [-0.05, 0) is 42.8 Å². The maximum absolute atomic E-state index is 13.6. The van der Waals surface area contributed by atoms with Gasteiger partial charge in [0.15, 0.2) is 5.78 Å². The van der Waals surface area contributed by atoms with E-state index in [1.807, 2.05) is 61.7 Å². The van der Waals surface area contributed by atoms with Crippen molar-refractivity contribution in [2.24, 2.45) is 11.8 Å². The molecular formula is C26H27NO6S. The molecule has 1 aliphatic carbocycles. The summed E-state index contributed by atoms with van der Waals surface area (Å²) in [5, 5.41) is 5.15. The minimum absolute atomic E-state index is 0.0589. The Bertz CT molecular complexity index is 1140. The summed E-state index contributed by atoms with van der Waals surface area (Å²) in [6.07, 6.45) is 0.507. The highest BCUT2D eigenvalue weighted by atomic mass is 32.1. The third-order valence-electron chi connectivity index (χ3n) is 6.12. The van der Waals surface area contributed by atoms with Crippen LogP contribution in [-0.2, 0) is 23.9 Å². The number of benzene rings is 1. The van der Waals surface area contributed by atoms with Gasteiger partial charge in [-0.15, -0.1) is 11.3 Å². The molecule has 8 heteroatoms. The lowest BCUT2D eigenvalue weighted by atomic mass is 9.70. The van der Waals surface area contributed by atoms with Crippen molar-refractivity contribution in [2.75, 3.05) is 20.3 Å². The van der Waals surface area contributed by atoms with Gasteiger partial charge in [-0.2, -0.15) is 0 Å². The monoisotopic (exact) mass is 481 g/mol. The van der Waals surface area contributed by atoms with E-state index < -0.39 is 23.8 Å². The van der Waals surface area contributed by atoms with Crippen LogP contribution in [0.5, 0.6) is 5.75 Å². The number of hydrogen-bond donors (Lipinski definition) is 1. The minimum atomic E-state index is -0.900. The molecule has 178 valence electrons. The average molecular weight is 482 g/mol. The van der Waals surface area contributed by atoms with Gasteiger partial charge in [0.05, 0.1) is 18.6 Å². The molecule has 0 unspecified atom stereocenters. The molecule has 34 heavy (non-hydrogen) atoms. The first-order valence-electron chi connectivity index (χ1n) is 11.1. The SMILES string of the molecule is COC(=O)[C@H]1C(=O)C2=C(C[C@@H]1C)NC(C)=C(C(=O)OCCOc1ccccc1)[C@@H]2c1cccs1. The zero-order valence-corrected chi connectivity index (χ0v) is 20.1. The van der Waals surface area contributed by atoms with Crippen molar-refractivity contribution in [3.8, 4) is 5.75 Å². The summed E-state index contributed by atoms with van der Waals surface area (Å²) in [7, 11) is 1.28. The number of para-hydroxylation sites is 1.